The molecule has 3 saturated carbocycles. The largest absolute Gasteiger partial charge is 0.393 e. The van der Waals surface area contributed by atoms with Gasteiger partial charge in [-0.25, -0.2) is 0 Å². The van der Waals surface area contributed by atoms with Gasteiger partial charge in [-0.05, 0) is 91.8 Å². The third-order valence-corrected chi connectivity index (χ3v) is 10.5. The van der Waals surface area contributed by atoms with Gasteiger partial charge in [0.1, 0.15) is 0 Å². The van der Waals surface area contributed by atoms with E-state index in [-0.39, 0.29) is 17.1 Å². The second kappa shape index (κ2) is 7.66. The summed E-state index contributed by atoms with van der Waals surface area (Å²) < 4.78 is 0. The minimum atomic E-state index is -0.129. The number of aliphatic hydroxyl groups excluding tert-OH is 1. The highest BCUT2D eigenvalue weighted by Crippen LogP contribution is 2.68. The zero-order valence-corrected chi connectivity index (χ0v) is 19.8. The second-order valence-corrected chi connectivity index (χ2v) is 12.5. The highest BCUT2D eigenvalue weighted by molar-refractivity contribution is 5.30. The van der Waals surface area contributed by atoms with Gasteiger partial charge in [0.05, 0.1) is 6.10 Å². The molecule has 2 nitrogen and oxygen atoms in total. The van der Waals surface area contributed by atoms with Crippen LogP contribution < -0.4 is 5.73 Å². The van der Waals surface area contributed by atoms with Gasteiger partial charge < -0.3 is 10.8 Å². The smallest absolute Gasteiger partial charge is 0.0577 e. The molecule has 3 fully saturated rings. The molecule has 2 heteroatoms. The fraction of sp³-hybridized carbons (Fsp3) is 0.926. The van der Waals surface area contributed by atoms with Crippen molar-refractivity contribution < 1.29 is 5.11 Å². The maximum Gasteiger partial charge on any atom is 0.0577 e. The maximum absolute atomic E-state index is 10.2. The van der Waals surface area contributed by atoms with Crippen molar-refractivity contribution in [3.8, 4) is 0 Å². The molecule has 0 heterocycles. The summed E-state index contributed by atoms with van der Waals surface area (Å²) in [5.74, 6) is 3.80. The van der Waals surface area contributed by atoms with Crippen LogP contribution in [0, 0.1) is 40.4 Å². The van der Waals surface area contributed by atoms with Crippen molar-refractivity contribution >= 4 is 0 Å². The predicted molar refractivity (Wildman–Crippen MR) is 122 cm³/mol. The van der Waals surface area contributed by atoms with E-state index in [9.17, 15) is 5.11 Å². The minimum absolute atomic E-state index is 0.0278. The summed E-state index contributed by atoms with van der Waals surface area (Å²) in [6.45, 7) is 12.3. The molecule has 0 amide bonds. The van der Waals surface area contributed by atoms with Crippen LogP contribution in [0.1, 0.15) is 105 Å². The molecule has 166 valence electrons. The number of rotatable bonds is 5. The van der Waals surface area contributed by atoms with Crippen LogP contribution in [0.25, 0.3) is 0 Å². The summed E-state index contributed by atoms with van der Waals surface area (Å²) in [4.78, 5) is 0. The third-order valence-electron chi connectivity index (χ3n) is 10.5. The molecule has 0 aliphatic heterocycles. The quantitative estimate of drug-likeness (QED) is 0.519. The average molecular weight is 402 g/mol. The first-order valence-electron chi connectivity index (χ1n) is 12.8. The first kappa shape index (κ1) is 21.9. The monoisotopic (exact) mass is 401 g/mol. The lowest BCUT2D eigenvalue weighted by atomic mass is 9.44. The van der Waals surface area contributed by atoms with E-state index in [1.54, 1.807) is 0 Å². The van der Waals surface area contributed by atoms with Gasteiger partial charge in [0, 0.05) is 5.54 Å². The Morgan fingerprint density at radius 3 is 2.52 bits per heavy atom. The highest BCUT2D eigenvalue weighted by atomic mass is 16.3. The zero-order valence-electron chi connectivity index (χ0n) is 19.8. The second-order valence-electron chi connectivity index (χ2n) is 12.5. The SMILES string of the molecule is CC(C)CCC[C@@H](C)[C@H]1CC[C@H]2C3(N)CC=C4CC(O)CC[C@]4(C)[C@H]3CC[C@]12C. The summed E-state index contributed by atoms with van der Waals surface area (Å²) in [6.07, 6.45) is 15.9. The Balaban J connectivity index is 1.55. The van der Waals surface area contributed by atoms with Crippen LogP contribution >= 0.6 is 0 Å². The molecule has 0 aromatic heterocycles. The topological polar surface area (TPSA) is 46.2 Å². The Kier molecular flexibility index (Phi) is 5.78. The molecule has 4 aliphatic carbocycles. The predicted octanol–water partition coefficient (Wildman–Crippen LogP) is 6.47. The minimum Gasteiger partial charge on any atom is -0.393 e. The summed E-state index contributed by atoms with van der Waals surface area (Å²) in [5.41, 5.74) is 9.62. The van der Waals surface area contributed by atoms with E-state index in [1.807, 2.05) is 0 Å². The lowest BCUT2D eigenvalue weighted by Crippen LogP contribution is -2.66. The molecule has 2 unspecified atom stereocenters. The van der Waals surface area contributed by atoms with Crippen LogP contribution in [-0.2, 0) is 0 Å². The van der Waals surface area contributed by atoms with Crippen molar-refractivity contribution in [2.24, 2.45) is 46.2 Å². The number of hydrogen-bond donors (Lipinski definition) is 2. The van der Waals surface area contributed by atoms with Gasteiger partial charge in [0.25, 0.3) is 0 Å². The number of aliphatic hydroxyl groups is 1. The van der Waals surface area contributed by atoms with Crippen molar-refractivity contribution in [3.05, 3.63) is 11.6 Å². The summed E-state index contributed by atoms with van der Waals surface area (Å²) in [7, 11) is 0. The van der Waals surface area contributed by atoms with Gasteiger partial charge >= 0.3 is 0 Å². The van der Waals surface area contributed by atoms with Gasteiger partial charge in [0.15, 0.2) is 0 Å². The summed E-state index contributed by atoms with van der Waals surface area (Å²) >= 11 is 0. The van der Waals surface area contributed by atoms with E-state index in [2.05, 4.69) is 40.7 Å². The fourth-order valence-electron chi connectivity index (χ4n) is 8.88. The Bertz CT molecular complexity index is 640. The highest BCUT2D eigenvalue weighted by Gasteiger charge is 2.64. The number of hydrogen-bond acceptors (Lipinski definition) is 2. The molecule has 3 N–H and O–H groups in total. The molecule has 0 radical (unpaired) electrons. The number of fused-ring (bicyclic) bond motifs is 5. The summed E-state index contributed by atoms with van der Waals surface area (Å²) in [5, 5.41) is 10.2. The molecular formula is C27H47NO. The molecular weight excluding hydrogens is 354 g/mol. The third kappa shape index (κ3) is 3.45. The first-order chi connectivity index (χ1) is 13.6. The zero-order chi connectivity index (χ0) is 21.0. The molecule has 4 aliphatic rings. The van der Waals surface area contributed by atoms with Crippen LogP contribution in [-0.4, -0.2) is 16.7 Å². The van der Waals surface area contributed by atoms with Gasteiger partial charge in [-0.3, -0.25) is 0 Å². The Hall–Kier alpha value is -0.340. The Morgan fingerprint density at radius 1 is 1.03 bits per heavy atom. The van der Waals surface area contributed by atoms with Crippen molar-refractivity contribution in [1.29, 1.82) is 0 Å². The van der Waals surface area contributed by atoms with Crippen LogP contribution in [0.3, 0.4) is 0 Å². The fourth-order valence-corrected chi connectivity index (χ4v) is 8.88. The van der Waals surface area contributed by atoms with Crippen LogP contribution in [0.2, 0.25) is 0 Å². The van der Waals surface area contributed by atoms with Crippen molar-refractivity contribution in [2.45, 2.75) is 117 Å². The summed E-state index contributed by atoms with van der Waals surface area (Å²) in [6, 6.07) is 0. The van der Waals surface area contributed by atoms with Crippen molar-refractivity contribution in [2.75, 3.05) is 0 Å². The average Bonchev–Trinajstić information content (AvgIpc) is 3.00. The van der Waals surface area contributed by atoms with Crippen molar-refractivity contribution in [1.82, 2.24) is 0 Å². The maximum atomic E-state index is 10.2. The lowest BCUT2D eigenvalue weighted by Gasteiger charge is -2.63. The molecule has 29 heavy (non-hydrogen) atoms. The van der Waals surface area contributed by atoms with Crippen molar-refractivity contribution in [3.63, 3.8) is 0 Å². The van der Waals surface area contributed by atoms with E-state index in [1.165, 1.54) is 50.5 Å². The van der Waals surface area contributed by atoms with Gasteiger partial charge in [-0.15, -0.1) is 0 Å². The Labute approximate surface area is 180 Å². The van der Waals surface area contributed by atoms with Gasteiger partial charge in [-0.2, -0.15) is 0 Å². The first-order valence-corrected chi connectivity index (χ1v) is 12.8. The molecule has 0 aromatic rings. The standard InChI is InChI=1S/C27H47NO/c1-18(2)7-6-8-19(3)22-9-10-23-26(22,5)15-13-24-25(4)14-12-21(29)17-20(25)11-16-27(23,24)28/h11,18-19,21-24,29H,6-10,12-17,28H2,1-5H3/t19-,21?,22-,23-,24-,25+,26-,27?/m1/s1. The van der Waals surface area contributed by atoms with E-state index >= 15 is 0 Å². The van der Waals surface area contributed by atoms with Gasteiger partial charge in [0.2, 0.25) is 0 Å². The van der Waals surface area contributed by atoms with E-state index in [4.69, 9.17) is 5.73 Å². The van der Waals surface area contributed by atoms with Crippen LogP contribution in [0.4, 0.5) is 0 Å². The molecule has 4 rings (SSSR count). The molecule has 0 spiro atoms. The van der Waals surface area contributed by atoms with E-state index in [0.29, 0.717) is 17.3 Å². The lowest BCUT2D eigenvalue weighted by molar-refractivity contribution is -0.0738. The molecule has 0 bridgehead atoms. The van der Waals surface area contributed by atoms with Gasteiger partial charge in [-0.1, -0.05) is 65.5 Å². The van der Waals surface area contributed by atoms with E-state index in [0.717, 1.165) is 43.4 Å². The van der Waals surface area contributed by atoms with E-state index < -0.39 is 0 Å². The van der Waals surface area contributed by atoms with Crippen LogP contribution in [0.5, 0.6) is 0 Å². The Morgan fingerprint density at radius 2 is 1.79 bits per heavy atom. The number of nitrogens with two attached hydrogens (primary N) is 1. The molecule has 8 atom stereocenters. The molecule has 0 saturated heterocycles. The molecule has 0 aromatic carbocycles. The van der Waals surface area contributed by atoms with Crippen LogP contribution in [0.15, 0.2) is 11.6 Å². The normalized spacial score (nSPS) is 47.9.